The first-order valence-electron chi connectivity index (χ1n) is 8.04. The molecule has 0 saturated carbocycles. The standard InChI is InChI=1S/C19H16N2O4S/c1-25-12-6-4-11(5-7-12)21-10-14(19(23)24)17-18(21)13(9-16(22)20-17)15-3-2-8-26-15/h2-8,10,13H,9H2,1H3,(H,20,22)(H,23,24). The smallest absolute Gasteiger partial charge is 0.339 e. The predicted octanol–water partition coefficient (Wildman–Crippen LogP) is 3.72. The van der Waals surface area contributed by atoms with Crippen molar-refractivity contribution in [1.82, 2.24) is 4.57 Å². The number of carbonyl (C=O) groups is 2. The average Bonchev–Trinajstić information content (AvgIpc) is 3.29. The van der Waals surface area contributed by atoms with Crippen LogP contribution in [0.2, 0.25) is 0 Å². The van der Waals surface area contributed by atoms with Gasteiger partial charge in [0.1, 0.15) is 11.3 Å². The Morgan fingerprint density at radius 3 is 2.69 bits per heavy atom. The Hall–Kier alpha value is -3.06. The van der Waals surface area contributed by atoms with Gasteiger partial charge in [0.2, 0.25) is 5.91 Å². The molecule has 3 heterocycles. The number of anilines is 1. The normalized spacial score (nSPS) is 16.0. The quantitative estimate of drug-likeness (QED) is 0.735. The molecule has 1 aliphatic heterocycles. The third-order valence-electron chi connectivity index (χ3n) is 4.49. The Morgan fingerprint density at radius 1 is 1.31 bits per heavy atom. The van der Waals surface area contributed by atoms with Crippen molar-refractivity contribution in [3.63, 3.8) is 0 Å². The van der Waals surface area contributed by atoms with E-state index in [4.69, 9.17) is 4.74 Å². The zero-order chi connectivity index (χ0) is 18.3. The molecule has 0 fully saturated rings. The van der Waals surface area contributed by atoms with Crippen LogP contribution in [0.15, 0.2) is 48.0 Å². The summed E-state index contributed by atoms with van der Waals surface area (Å²) in [5.74, 6) is -0.711. The summed E-state index contributed by atoms with van der Waals surface area (Å²) in [5.41, 5.74) is 2.07. The van der Waals surface area contributed by atoms with Crippen molar-refractivity contribution in [2.24, 2.45) is 0 Å². The largest absolute Gasteiger partial charge is 0.497 e. The summed E-state index contributed by atoms with van der Waals surface area (Å²) in [7, 11) is 1.59. The summed E-state index contributed by atoms with van der Waals surface area (Å²) >= 11 is 1.56. The molecule has 0 saturated heterocycles. The lowest BCUT2D eigenvalue weighted by Crippen LogP contribution is -2.25. The molecule has 1 atom stereocenters. The van der Waals surface area contributed by atoms with Crippen LogP contribution in [-0.4, -0.2) is 28.7 Å². The molecule has 3 aromatic rings. The maximum Gasteiger partial charge on any atom is 0.339 e. The van der Waals surface area contributed by atoms with Gasteiger partial charge in [-0.2, -0.15) is 0 Å². The van der Waals surface area contributed by atoms with E-state index in [-0.39, 0.29) is 23.8 Å². The molecule has 1 unspecified atom stereocenters. The molecule has 6 nitrogen and oxygen atoms in total. The Bertz CT molecular complexity index is 974. The summed E-state index contributed by atoms with van der Waals surface area (Å²) in [6.45, 7) is 0. The summed E-state index contributed by atoms with van der Waals surface area (Å²) in [6.07, 6.45) is 1.85. The monoisotopic (exact) mass is 368 g/mol. The molecule has 1 aliphatic rings. The number of aromatic nitrogens is 1. The topological polar surface area (TPSA) is 80.6 Å². The van der Waals surface area contributed by atoms with E-state index in [0.717, 1.165) is 22.0 Å². The number of thiophene rings is 1. The molecular weight excluding hydrogens is 352 g/mol. The van der Waals surface area contributed by atoms with Crippen LogP contribution >= 0.6 is 11.3 Å². The molecule has 0 bridgehead atoms. The van der Waals surface area contributed by atoms with Crippen molar-refractivity contribution < 1.29 is 19.4 Å². The number of nitrogens with one attached hydrogen (secondary N) is 1. The van der Waals surface area contributed by atoms with Crippen LogP contribution in [0.25, 0.3) is 5.69 Å². The van der Waals surface area contributed by atoms with Gasteiger partial charge in [-0.1, -0.05) is 6.07 Å². The molecule has 4 rings (SSSR count). The summed E-state index contributed by atoms with van der Waals surface area (Å²) in [6, 6.07) is 11.3. The van der Waals surface area contributed by atoms with Crippen LogP contribution in [0.5, 0.6) is 5.75 Å². The van der Waals surface area contributed by atoms with Gasteiger partial charge in [-0.15, -0.1) is 11.3 Å². The number of carboxylic acids is 1. The lowest BCUT2D eigenvalue weighted by atomic mass is 9.93. The van der Waals surface area contributed by atoms with Crippen molar-refractivity contribution in [2.75, 3.05) is 12.4 Å². The number of ether oxygens (including phenoxy) is 1. The second kappa shape index (κ2) is 6.34. The molecule has 26 heavy (non-hydrogen) atoms. The van der Waals surface area contributed by atoms with Crippen molar-refractivity contribution >= 4 is 28.9 Å². The van der Waals surface area contributed by atoms with E-state index in [2.05, 4.69) is 5.32 Å². The van der Waals surface area contributed by atoms with Crippen LogP contribution in [0, 0.1) is 0 Å². The van der Waals surface area contributed by atoms with Gasteiger partial charge in [-0.05, 0) is 35.7 Å². The van der Waals surface area contributed by atoms with E-state index in [0.29, 0.717) is 5.69 Å². The summed E-state index contributed by atoms with van der Waals surface area (Å²) in [4.78, 5) is 25.0. The number of carboxylic acid groups (broad SMARTS) is 1. The van der Waals surface area contributed by atoms with E-state index in [9.17, 15) is 14.7 Å². The number of benzene rings is 1. The number of hydrogen-bond acceptors (Lipinski definition) is 4. The highest BCUT2D eigenvalue weighted by atomic mass is 32.1. The molecule has 132 valence electrons. The highest BCUT2D eigenvalue weighted by Crippen LogP contribution is 2.42. The number of aromatic carboxylic acids is 1. The minimum atomic E-state index is -1.07. The molecule has 2 N–H and O–H groups in total. The van der Waals surface area contributed by atoms with Gasteiger partial charge < -0.3 is 19.7 Å². The lowest BCUT2D eigenvalue weighted by molar-refractivity contribution is -0.116. The third kappa shape index (κ3) is 2.66. The van der Waals surface area contributed by atoms with Crippen LogP contribution < -0.4 is 10.1 Å². The minimum absolute atomic E-state index is 0.0884. The highest BCUT2D eigenvalue weighted by Gasteiger charge is 2.34. The van der Waals surface area contributed by atoms with E-state index >= 15 is 0 Å². The molecule has 0 radical (unpaired) electrons. The first-order chi connectivity index (χ1) is 12.6. The minimum Gasteiger partial charge on any atom is -0.497 e. The maximum absolute atomic E-state index is 12.2. The Kier molecular flexibility index (Phi) is 4.00. The Balaban J connectivity index is 1.93. The van der Waals surface area contributed by atoms with Gasteiger partial charge in [-0.3, -0.25) is 4.79 Å². The molecular formula is C19H16N2O4S. The number of methoxy groups -OCH3 is 1. The molecule has 0 spiro atoms. The van der Waals surface area contributed by atoms with Crippen molar-refractivity contribution in [2.45, 2.75) is 12.3 Å². The Morgan fingerprint density at radius 2 is 2.08 bits per heavy atom. The molecule has 2 aromatic heterocycles. The fourth-order valence-electron chi connectivity index (χ4n) is 3.31. The fourth-order valence-corrected chi connectivity index (χ4v) is 4.14. The van der Waals surface area contributed by atoms with Gasteiger partial charge in [0.05, 0.1) is 18.5 Å². The van der Waals surface area contributed by atoms with Crippen molar-refractivity contribution in [1.29, 1.82) is 0 Å². The number of nitrogens with zero attached hydrogens (tertiary/aromatic N) is 1. The van der Waals surface area contributed by atoms with Crippen molar-refractivity contribution in [3.05, 3.63) is 64.1 Å². The lowest BCUT2D eigenvalue weighted by Gasteiger charge is -2.25. The summed E-state index contributed by atoms with van der Waals surface area (Å²) < 4.78 is 7.05. The van der Waals surface area contributed by atoms with Crippen LogP contribution in [0.1, 0.15) is 33.3 Å². The van der Waals surface area contributed by atoms with Gasteiger partial charge in [-0.25, -0.2) is 4.79 Å². The number of hydrogen-bond donors (Lipinski definition) is 2. The second-order valence-corrected chi connectivity index (χ2v) is 6.98. The SMILES string of the molecule is COc1ccc(-n2cc(C(=O)O)c3c2C(c2cccs2)CC(=O)N3)cc1. The fraction of sp³-hybridized carbons (Fsp3) is 0.158. The van der Waals surface area contributed by atoms with E-state index in [1.807, 2.05) is 46.3 Å². The number of carbonyl (C=O) groups excluding carboxylic acids is 1. The van der Waals surface area contributed by atoms with E-state index in [1.54, 1.807) is 24.6 Å². The van der Waals surface area contributed by atoms with Gasteiger partial charge >= 0.3 is 5.97 Å². The van der Waals surface area contributed by atoms with Crippen LogP contribution in [-0.2, 0) is 4.79 Å². The van der Waals surface area contributed by atoms with E-state index in [1.165, 1.54) is 0 Å². The maximum atomic E-state index is 12.2. The number of amides is 1. The van der Waals surface area contributed by atoms with Gasteiger partial charge in [0.15, 0.2) is 0 Å². The first kappa shape index (κ1) is 16.4. The molecule has 1 aromatic carbocycles. The average molecular weight is 368 g/mol. The van der Waals surface area contributed by atoms with Gasteiger partial charge in [0, 0.05) is 29.1 Å². The van der Waals surface area contributed by atoms with Crippen LogP contribution in [0.4, 0.5) is 5.69 Å². The molecule has 1 amide bonds. The number of fused-ring (bicyclic) bond motifs is 1. The second-order valence-electron chi connectivity index (χ2n) is 6.00. The zero-order valence-electron chi connectivity index (χ0n) is 13.9. The number of rotatable bonds is 4. The van der Waals surface area contributed by atoms with E-state index < -0.39 is 5.97 Å². The predicted molar refractivity (Wildman–Crippen MR) is 98.7 cm³/mol. The van der Waals surface area contributed by atoms with Crippen LogP contribution in [0.3, 0.4) is 0 Å². The van der Waals surface area contributed by atoms with Gasteiger partial charge in [0.25, 0.3) is 0 Å². The Labute approximate surface area is 153 Å². The molecule has 0 aliphatic carbocycles. The van der Waals surface area contributed by atoms with Crippen molar-refractivity contribution in [3.8, 4) is 11.4 Å². The zero-order valence-corrected chi connectivity index (χ0v) is 14.7. The molecule has 7 heteroatoms. The highest BCUT2D eigenvalue weighted by molar-refractivity contribution is 7.10. The first-order valence-corrected chi connectivity index (χ1v) is 8.92. The summed E-state index contributed by atoms with van der Waals surface area (Å²) in [5, 5.41) is 14.3. The third-order valence-corrected chi connectivity index (χ3v) is 5.48.